The van der Waals surface area contributed by atoms with Crippen LogP contribution < -0.4 is 15.6 Å². The minimum Gasteiger partial charge on any atom is -0.457 e. The molecule has 0 aliphatic rings. The second-order valence-electron chi connectivity index (χ2n) is 7.25. The number of nitrogens with zero attached hydrogens (tertiary/aromatic N) is 2. The molecule has 0 spiro atoms. The molecule has 0 bridgehead atoms. The smallest absolute Gasteiger partial charge is 0.312 e. The number of aryl methyl sites for hydroxylation is 1. The number of carbonyl (C=O) groups excluding carboxylic acids is 2. The predicted octanol–water partition coefficient (Wildman–Crippen LogP) is 3.45. The number of fused-ring (bicyclic) bond motifs is 1. The lowest BCUT2D eigenvalue weighted by Crippen LogP contribution is -2.24. The minimum absolute atomic E-state index is 0.159. The fourth-order valence-electron chi connectivity index (χ4n) is 3.27. The highest BCUT2D eigenvalue weighted by Gasteiger charge is 2.14. The van der Waals surface area contributed by atoms with Crippen LogP contribution in [0.2, 0.25) is 0 Å². The third kappa shape index (κ3) is 5.43. The predicted molar refractivity (Wildman–Crippen MR) is 123 cm³/mol. The number of ether oxygens (including phenoxy) is 2. The van der Waals surface area contributed by atoms with Crippen LogP contribution in [0.5, 0.6) is 11.5 Å². The lowest BCUT2D eigenvalue weighted by Gasteiger charge is -2.10. The molecule has 8 heteroatoms. The van der Waals surface area contributed by atoms with Gasteiger partial charge in [0, 0.05) is 18.1 Å². The van der Waals surface area contributed by atoms with Gasteiger partial charge in [-0.25, -0.2) is 4.68 Å². The van der Waals surface area contributed by atoms with Crippen LogP contribution >= 0.6 is 0 Å². The molecule has 0 saturated carbocycles. The number of anilines is 1. The number of esters is 1. The summed E-state index contributed by atoms with van der Waals surface area (Å²) < 4.78 is 12.0. The van der Waals surface area contributed by atoms with Gasteiger partial charge in [-0.05, 0) is 42.5 Å². The Balaban J connectivity index is 1.31. The lowest BCUT2D eigenvalue weighted by atomic mass is 10.1. The molecule has 1 N–H and O–H groups in total. The number of carbonyl (C=O) groups is 2. The second-order valence-corrected chi connectivity index (χ2v) is 7.25. The molecule has 3 aromatic carbocycles. The number of benzene rings is 3. The molecule has 1 amide bonds. The van der Waals surface area contributed by atoms with Gasteiger partial charge in [0.15, 0.2) is 6.61 Å². The standard InChI is InChI=1S/C25H21N3O5/c1-28-25(31)21-10-6-5-9-20(21)22(27-28)15-24(30)32-16-23(29)26-17-11-13-19(14-12-17)33-18-7-3-2-4-8-18/h2-14H,15-16H2,1H3,(H,26,29). The van der Waals surface area contributed by atoms with Gasteiger partial charge in [-0.2, -0.15) is 5.10 Å². The maximum Gasteiger partial charge on any atom is 0.312 e. The van der Waals surface area contributed by atoms with Crippen LogP contribution in [-0.2, 0) is 27.8 Å². The Labute approximate surface area is 189 Å². The molecular weight excluding hydrogens is 422 g/mol. The van der Waals surface area contributed by atoms with Gasteiger partial charge in [-0.3, -0.25) is 14.4 Å². The Morgan fingerprint density at radius 2 is 1.52 bits per heavy atom. The van der Waals surface area contributed by atoms with E-state index in [1.807, 2.05) is 30.3 Å². The molecular formula is C25H21N3O5. The number of aromatic nitrogens is 2. The Morgan fingerprint density at radius 3 is 2.24 bits per heavy atom. The van der Waals surface area contributed by atoms with Crippen LogP contribution in [0.15, 0.2) is 83.7 Å². The molecule has 166 valence electrons. The van der Waals surface area contributed by atoms with Crippen molar-refractivity contribution in [1.29, 1.82) is 0 Å². The zero-order valence-electron chi connectivity index (χ0n) is 17.9. The Bertz CT molecular complexity index is 1350. The monoisotopic (exact) mass is 443 g/mol. The van der Waals surface area contributed by atoms with Gasteiger partial charge < -0.3 is 14.8 Å². The quantitative estimate of drug-likeness (QED) is 0.439. The van der Waals surface area contributed by atoms with Gasteiger partial charge in [0.1, 0.15) is 11.5 Å². The van der Waals surface area contributed by atoms with E-state index in [1.54, 1.807) is 48.5 Å². The summed E-state index contributed by atoms with van der Waals surface area (Å²) in [5.41, 5.74) is 0.705. The van der Waals surface area contributed by atoms with Gasteiger partial charge in [0.25, 0.3) is 11.5 Å². The maximum atomic E-state index is 12.3. The molecule has 4 rings (SSSR count). The average molecular weight is 443 g/mol. The van der Waals surface area contributed by atoms with Crippen molar-refractivity contribution in [1.82, 2.24) is 9.78 Å². The van der Waals surface area contributed by atoms with Crippen molar-refractivity contribution in [3.8, 4) is 11.5 Å². The van der Waals surface area contributed by atoms with Crippen molar-refractivity contribution in [3.63, 3.8) is 0 Å². The number of nitrogens with one attached hydrogen (secondary N) is 1. The van der Waals surface area contributed by atoms with Crippen LogP contribution in [0.4, 0.5) is 5.69 Å². The summed E-state index contributed by atoms with van der Waals surface area (Å²) >= 11 is 0. The van der Waals surface area contributed by atoms with Crippen molar-refractivity contribution < 1.29 is 19.1 Å². The number of hydrogen-bond donors (Lipinski definition) is 1. The van der Waals surface area contributed by atoms with Gasteiger partial charge in [-0.15, -0.1) is 0 Å². The zero-order chi connectivity index (χ0) is 23.2. The first-order valence-electron chi connectivity index (χ1n) is 10.2. The summed E-state index contributed by atoms with van der Waals surface area (Å²) in [5, 5.41) is 7.88. The molecule has 0 saturated heterocycles. The Kier molecular flexibility index (Phi) is 6.45. The van der Waals surface area contributed by atoms with Crippen molar-refractivity contribution >= 4 is 28.3 Å². The van der Waals surface area contributed by atoms with E-state index in [4.69, 9.17) is 9.47 Å². The van der Waals surface area contributed by atoms with E-state index < -0.39 is 18.5 Å². The number of rotatable bonds is 7. The molecule has 0 aliphatic heterocycles. The van der Waals surface area contributed by atoms with E-state index >= 15 is 0 Å². The molecule has 33 heavy (non-hydrogen) atoms. The van der Waals surface area contributed by atoms with E-state index in [9.17, 15) is 14.4 Å². The van der Waals surface area contributed by atoms with Crippen molar-refractivity contribution in [2.75, 3.05) is 11.9 Å². The van der Waals surface area contributed by atoms with Gasteiger partial charge >= 0.3 is 5.97 Å². The van der Waals surface area contributed by atoms with E-state index in [1.165, 1.54) is 11.7 Å². The number of amides is 1. The van der Waals surface area contributed by atoms with E-state index in [0.29, 0.717) is 33.7 Å². The lowest BCUT2D eigenvalue weighted by molar-refractivity contribution is -0.146. The minimum atomic E-state index is -0.618. The largest absolute Gasteiger partial charge is 0.457 e. The topological polar surface area (TPSA) is 99.5 Å². The van der Waals surface area contributed by atoms with Crippen molar-refractivity contribution in [2.24, 2.45) is 7.05 Å². The molecule has 1 aromatic heterocycles. The average Bonchev–Trinajstić information content (AvgIpc) is 2.83. The maximum absolute atomic E-state index is 12.3. The first-order chi connectivity index (χ1) is 16.0. The highest BCUT2D eigenvalue weighted by Crippen LogP contribution is 2.22. The highest BCUT2D eigenvalue weighted by atomic mass is 16.5. The fraction of sp³-hybridized carbons (Fsp3) is 0.120. The van der Waals surface area contributed by atoms with Crippen LogP contribution in [-0.4, -0.2) is 28.3 Å². The third-order valence-corrected chi connectivity index (χ3v) is 4.83. The summed E-state index contributed by atoms with van der Waals surface area (Å²) in [6.07, 6.45) is -0.159. The Hall–Kier alpha value is -4.46. The summed E-state index contributed by atoms with van der Waals surface area (Å²) in [7, 11) is 1.52. The fourth-order valence-corrected chi connectivity index (χ4v) is 3.27. The first-order valence-corrected chi connectivity index (χ1v) is 10.2. The SMILES string of the molecule is Cn1nc(CC(=O)OCC(=O)Nc2ccc(Oc3ccccc3)cc2)c2ccccc2c1=O. The Morgan fingerprint density at radius 1 is 0.879 bits per heavy atom. The van der Waals surface area contributed by atoms with Gasteiger partial charge in [0.05, 0.1) is 17.5 Å². The molecule has 0 atom stereocenters. The molecule has 0 unspecified atom stereocenters. The number of hydrogen-bond acceptors (Lipinski definition) is 6. The van der Waals surface area contributed by atoms with Crippen LogP contribution in [0.1, 0.15) is 5.69 Å². The number of para-hydroxylation sites is 1. The molecule has 0 fully saturated rings. The van der Waals surface area contributed by atoms with E-state index in [2.05, 4.69) is 10.4 Å². The summed E-state index contributed by atoms with van der Waals surface area (Å²) in [6.45, 7) is -0.440. The zero-order valence-corrected chi connectivity index (χ0v) is 17.9. The van der Waals surface area contributed by atoms with Crippen LogP contribution in [0.25, 0.3) is 10.8 Å². The summed E-state index contributed by atoms with van der Waals surface area (Å²) in [6, 6.07) is 23.1. The van der Waals surface area contributed by atoms with Crippen molar-refractivity contribution in [2.45, 2.75) is 6.42 Å². The van der Waals surface area contributed by atoms with Gasteiger partial charge in [-0.1, -0.05) is 36.4 Å². The molecule has 1 heterocycles. The first kappa shape index (κ1) is 21.8. The molecule has 4 aromatic rings. The summed E-state index contributed by atoms with van der Waals surface area (Å²) in [4.78, 5) is 36.6. The normalized spacial score (nSPS) is 10.6. The van der Waals surface area contributed by atoms with Crippen LogP contribution in [0.3, 0.4) is 0 Å². The molecule has 0 aliphatic carbocycles. The van der Waals surface area contributed by atoms with Crippen molar-refractivity contribution in [3.05, 3.63) is 94.9 Å². The van der Waals surface area contributed by atoms with Crippen LogP contribution in [0, 0.1) is 0 Å². The van der Waals surface area contributed by atoms with E-state index in [0.717, 1.165) is 0 Å². The third-order valence-electron chi connectivity index (χ3n) is 4.83. The summed E-state index contributed by atoms with van der Waals surface area (Å²) in [5.74, 6) is 0.246. The van der Waals surface area contributed by atoms with Gasteiger partial charge in [0.2, 0.25) is 0 Å². The highest BCUT2D eigenvalue weighted by molar-refractivity contribution is 5.93. The molecule has 8 nitrogen and oxygen atoms in total. The second kappa shape index (κ2) is 9.78. The van der Waals surface area contributed by atoms with E-state index in [-0.39, 0.29) is 12.0 Å². The molecule has 0 radical (unpaired) electrons.